The summed E-state index contributed by atoms with van der Waals surface area (Å²) in [6.07, 6.45) is 1.45. The number of nitrogens with one attached hydrogen (secondary N) is 1. The number of thioether (sulfide) groups is 1. The number of allylic oxidation sites excluding steroid dienone is 1. The maximum absolute atomic E-state index is 13.0. The van der Waals surface area contributed by atoms with E-state index in [2.05, 4.69) is 26.4 Å². The lowest BCUT2D eigenvalue weighted by Gasteiger charge is -2.49. The van der Waals surface area contributed by atoms with E-state index in [0.29, 0.717) is 11.3 Å². The van der Waals surface area contributed by atoms with Gasteiger partial charge in [-0.1, -0.05) is 17.8 Å². The fraction of sp³-hybridized carbons (Fsp3) is 0.450. The average Bonchev–Trinajstić information content (AvgIpc) is 3.24. The van der Waals surface area contributed by atoms with Gasteiger partial charge < -0.3 is 25.4 Å². The number of oxime groups is 1. The van der Waals surface area contributed by atoms with Crippen LogP contribution in [-0.4, -0.2) is 74.8 Å². The average molecular weight is 525 g/mol. The van der Waals surface area contributed by atoms with Crippen molar-refractivity contribution in [1.29, 1.82) is 0 Å². The Bertz CT molecular complexity index is 1120. The van der Waals surface area contributed by atoms with E-state index >= 15 is 0 Å². The number of nitrogens with zero attached hydrogens (tertiary/aromatic N) is 4. The fourth-order valence-corrected chi connectivity index (χ4v) is 4.80. The first-order valence-electron chi connectivity index (χ1n) is 10.2. The number of ether oxygens (including phenoxy) is 2. The summed E-state index contributed by atoms with van der Waals surface area (Å²) in [5, 5.41) is 5.76. The highest BCUT2D eigenvalue weighted by atomic mass is 32.2. The standard InChI is InChI=1S/C20H24N6O7S2/c1-6-9-7-34-16-11(22-14(27)10(24-31-5)13-23-19(21)35-25-13)15(28)26(16)12(9)17(29)32-8-33-18(30)20(2,3)4/h6,11,16H,1,7-8H2,2-5H3,(H,22,27)(H2,21,23,25)/t11?,16-/m0/s1. The molecule has 1 unspecified atom stereocenters. The van der Waals surface area contributed by atoms with Crippen LogP contribution in [-0.2, 0) is 33.5 Å². The summed E-state index contributed by atoms with van der Waals surface area (Å²) in [5.74, 6) is -2.41. The molecule has 0 saturated carbocycles. The molecule has 1 aromatic heterocycles. The van der Waals surface area contributed by atoms with Crippen molar-refractivity contribution in [3.63, 3.8) is 0 Å². The van der Waals surface area contributed by atoms with Gasteiger partial charge in [0, 0.05) is 17.3 Å². The summed E-state index contributed by atoms with van der Waals surface area (Å²) in [7, 11) is 1.24. The molecule has 1 saturated heterocycles. The lowest BCUT2D eigenvalue weighted by molar-refractivity contribution is -0.173. The molecule has 35 heavy (non-hydrogen) atoms. The predicted molar refractivity (Wildman–Crippen MR) is 127 cm³/mol. The number of esters is 2. The van der Waals surface area contributed by atoms with Gasteiger partial charge >= 0.3 is 11.9 Å². The van der Waals surface area contributed by atoms with Gasteiger partial charge in [-0.25, -0.2) is 4.79 Å². The molecule has 0 bridgehead atoms. The largest absolute Gasteiger partial charge is 0.427 e. The summed E-state index contributed by atoms with van der Waals surface area (Å²) in [6, 6.07) is -0.960. The number of nitrogens with two attached hydrogens (primary N) is 1. The van der Waals surface area contributed by atoms with Crippen LogP contribution >= 0.6 is 23.3 Å². The third-order valence-electron chi connectivity index (χ3n) is 4.77. The molecule has 3 rings (SSSR count). The Balaban J connectivity index is 1.71. The number of hydrogen-bond acceptors (Lipinski definition) is 13. The summed E-state index contributed by atoms with van der Waals surface area (Å²) in [5.41, 5.74) is 5.00. The van der Waals surface area contributed by atoms with Crippen molar-refractivity contribution in [3.8, 4) is 0 Å². The first kappa shape index (κ1) is 26.2. The zero-order valence-corrected chi connectivity index (χ0v) is 21.0. The molecule has 1 fully saturated rings. The van der Waals surface area contributed by atoms with Crippen molar-refractivity contribution in [1.82, 2.24) is 19.6 Å². The van der Waals surface area contributed by atoms with Crippen LogP contribution in [0.3, 0.4) is 0 Å². The second kappa shape index (κ2) is 10.4. The number of carbonyl (C=O) groups excluding carboxylic acids is 4. The number of fused-ring (bicyclic) bond motifs is 1. The smallest absolute Gasteiger partial charge is 0.358 e. The maximum Gasteiger partial charge on any atom is 0.358 e. The zero-order chi connectivity index (χ0) is 25.9. The van der Waals surface area contributed by atoms with Gasteiger partial charge in [0.25, 0.3) is 11.8 Å². The molecule has 3 heterocycles. The number of carbonyl (C=O) groups is 4. The van der Waals surface area contributed by atoms with Crippen molar-refractivity contribution >= 4 is 57.9 Å². The molecule has 0 spiro atoms. The number of β-lactam (4-membered cyclic amide) rings is 1. The van der Waals surface area contributed by atoms with Gasteiger partial charge in [0.1, 0.15) is 24.2 Å². The summed E-state index contributed by atoms with van der Waals surface area (Å²) >= 11 is 2.20. The van der Waals surface area contributed by atoms with Crippen LogP contribution < -0.4 is 11.1 Å². The number of amides is 2. The third-order valence-corrected chi connectivity index (χ3v) is 6.61. The monoisotopic (exact) mass is 524 g/mol. The van der Waals surface area contributed by atoms with Gasteiger partial charge in [-0.05, 0) is 26.3 Å². The number of hydrogen-bond donors (Lipinski definition) is 2. The molecule has 13 nitrogen and oxygen atoms in total. The van der Waals surface area contributed by atoms with E-state index in [1.54, 1.807) is 20.8 Å². The molecule has 0 radical (unpaired) electrons. The minimum absolute atomic E-state index is 0.0224. The molecule has 0 aliphatic carbocycles. The second-order valence-corrected chi connectivity index (χ2v) is 10.1. The number of rotatable bonds is 8. The van der Waals surface area contributed by atoms with Gasteiger partial charge in [0.05, 0.1) is 5.41 Å². The van der Waals surface area contributed by atoms with E-state index in [9.17, 15) is 19.2 Å². The van der Waals surface area contributed by atoms with Crippen molar-refractivity contribution in [2.75, 3.05) is 25.4 Å². The maximum atomic E-state index is 13.0. The van der Waals surface area contributed by atoms with Crippen LogP contribution in [0.4, 0.5) is 5.13 Å². The number of aromatic nitrogens is 2. The topological polar surface area (TPSA) is 175 Å². The SMILES string of the molecule is C=CC1=C(C(=O)OCOC(=O)C(C)(C)C)N2C(=O)C(NC(=O)C(=NOC)c3nsc(N)n3)[C@@H]2SC1. The Kier molecular flexibility index (Phi) is 7.80. The molecule has 2 amide bonds. The van der Waals surface area contributed by atoms with Gasteiger partial charge in [-0.2, -0.15) is 9.36 Å². The van der Waals surface area contributed by atoms with Crippen LogP contribution in [0.5, 0.6) is 0 Å². The van der Waals surface area contributed by atoms with Crippen LogP contribution in [0.15, 0.2) is 29.1 Å². The number of nitrogen functional groups attached to an aromatic ring is 1. The van der Waals surface area contributed by atoms with E-state index in [1.807, 2.05) is 0 Å². The van der Waals surface area contributed by atoms with Gasteiger partial charge in [0.15, 0.2) is 5.13 Å². The molecule has 1 aromatic rings. The van der Waals surface area contributed by atoms with Crippen molar-refractivity contribution in [2.24, 2.45) is 10.6 Å². The molecule has 0 aromatic carbocycles. The van der Waals surface area contributed by atoms with Gasteiger partial charge in [-0.3, -0.25) is 19.3 Å². The van der Waals surface area contributed by atoms with Crippen LogP contribution in [0.25, 0.3) is 0 Å². The highest BCUT2D eigenvalue weighted by Crippen LogP contribution is 2.41. The normalized spacial score (nSPS) is 19.9. The Morgan fingerprint density at radius 1 is 1.34 bits per heavy atom. The summed E-state index contributed by atoms with van der Waals surface area (Å²) in [4.78, 5) is 60.3. The lowest BCUT2D eigenvalue weighted by atomic mass is 9.98. The molecule has 188 valence electrons. The van der Waals surface area contributed by atoms with Crippen molar-refractivity contribution in [3.05, 3.63) is 29.7 Å². The Morgan fingerprint density at radius 2 is 2.06 bits per heavy atom. The van der Waals surface area contributed by atoms with E-state index in [-0.39, 0.29) is 22.4 Å². The van der Waals surface area contributed by atoms with Crippen molar-refractivity contribution in [2.45, 2.75) is 32.2 Å². The Labute approximate surface area is 208 Å². The highest BCUT2D eigenvalue weighted by Gasteiger charge is 2.54. The predicted octanol–water partition coefficient (Wildman–Crippen LogP) is 0.401. The third kappa shape index (κ3) is 5.45. The summed E-state index contributed by atoms with van der Waals surface area (Å²) in [6.45, 7) is 8.06. The van der Waals surface area contributed by atoms with Crippen LogP contribution in [0.1, 0.15) is 26.6 Å². The minimum Gasteiger partial charge on any atom is -0.427 e. The molecular formula is C20H24N6O7S2. The fourth-order valence-electron chi connectivity index (χ4n) is 3.03. The Hall–Kier alpha value is -3.46. The first-order chi connectivity index (χ1) is 16.5. The summed E-state index contributed by atoms with van der Waals surface area (Å²) < 4.78 is 14.0. The minimum atomic E-state index is -0.960. The second-order valence-electron chi connectivity index (χ2n) is 8.25. The molecule has 2 atom stereocenters. The highest BCUT2D eigenvalue weighted by molar-refractivity contribution is 8.00. The molecular weight excluding hydrogens is 500 g/mol. The molecule has 2 aliphatic heterocycles. The van der Waals surface area contributed by atoms with Gasteiger partial charge in [0.2, 0.25) is 18.3 Å². The van der Waals surface area contributed by atoms with Crippen molar-refractivity contribution < 1.29 is 33.5 Å². The Morgan fingerprint density at radius 3 is 2.63 bits per heavy atom. The van der Waals surface area contributed by atoms with E-state index in [1.165, 1.54) is 29.8 Å². The molecule has 2 aliphatic rings. The first-order valence-corrected chi connectivity index (χ1v) is 12.0. The number of anilines is 1. The molecule has 15 heteroatoms. The quantitative estimate of drug-likeness (QED) is 0.158. The zero-order valence-electron chi connectivity index (χ0n) is 19.4. The van der Waals surface area contributed by atoms with E-state index in [4.69, 9.17) is 20.0 Å². The van der Waals surface area contributed by atoms with Crippen LogP contribution in [0.2, 0.25) is 0 Å². The van der Waals surface area contributed by atoms with Crippen LogP contribution in [0, 0.1) is 5.41 Å². The molecule has 3 N–H and O–H groups in total. The van der Waals surface area contributed by atoms with E-state index < -0.39 is 47.4 Å². The van der Waals surface area contributed by atoms with E-state index in [0.717, 1.165) is 11.5 Å². The lowest BCUT2D eigenvalue weighted by Crippen LogP contribution is -2.71. The van der Waals surface area contributed by atoms with Gasteiger partial charge in [-0.15, -0.1) is 11.8 Å².